The van der Waals surface area contributed by atoms with Crippen LogP contribution < -0.4 is 5.32 Å². The van der Waals surface area contributed by atoms with Gasteiger partial charge in [0.1, 0.15) is 0 Å². The van der Waals surface area contributed by atoms with Crippen molar-refractivity contribution in [2.75, 3.05) is 46.3 Å². The Balaban J connectivity index is 1.92. The minimum absolute atomic E-state index is 0.570. The summed E-state index contributed by atoms with van der Waals surface area (Å²) in [6, 6.07) is 0.725. The summed E-state index contributed by atoms with van der Waals surface area (Å²) in [5.74, 6) is 0. The van der Waals surface area contributed by atoms with Crippen molar-refractivity contribution in [3.05, 3.63) is 0 Å². The molecule has 18 heavy (non-hydrogen) atoms. The first-order valence-corrected chi connectivity index (χ1v) is 7.78. The summed E-state index contributed by atoms with van der Waals surface area (Å²) in [5, 5.41) is 3.61. The number of hydrogen-bond donors (Lipinski definition) is 1. The molecule has 1 N–H and O–H groups in total. The summed E-state index contributed by atoms with van der Waals surface area (Å²) >= 11 is 0. The predicted molar refractivity (Wildman–Crippen MR) is 78.0 cm³/mol. The van der Waals surface area contributed by atoms with Crippen LogP contribution in [-0.4, -0.2) is 62.2 Å². The van der Waals surface area contributed by atoms with Crippen LogP contribution in [0.4, 0.5) is 0 Å². The van der Waals surface area contributed by atoms with Gasteiger partial charge in [-0.15, -0.1) is 0 Å². The van der Waals surface area contributed by atoms with Crippen LogP contribution in [0.25, 0.3) is 0 Å². The van der Waals surface area contributed by atoms with Crippen molar-refractivity contribution in [1.29, 1.82) is 0 Å². The Kier molecular flexibility index (Phi) is 5.05. The fourth-order valence-electron chi connectivity index (χ4n) is 3.75. The van der Waals surface area contributed by atoms with Crippen LogP contribution in [0.2, 0.25) is 0 Å². The molecule has 0 aromatic carbocycles. The summed E-state index contributed by atoms with van der Waals surface area (Å²) in [6.45, 7) is 12.0. The molecule has 0 bridgehead atoms. The van der Waals surface area contributed by atoms with Crippen LogP contribution >= 0.6 is 0 Å². The number of nitrogens with zero attached hydrogens (tertiary/aromatic N) is 2. The third-order valence-electron chi connectivity index (χ3n) is 4.92. The monoisotopic (exact) mass is 253 g/mol. The molecule has 1 aliphatic carbocycles. The second kappa shape index (κ2) is 6.36. The van der Waals surface area contributed by atoms with Crippen molar-refractivity contribution in [3.8, 4) is 0 Å². The molecule has 1 unspecified atom stereocenters. The number of piperazine rings is 1. The Morgan fingerprint density at radius 3 is 2.56 bits per heavy atom. The predicted octanol–water partition coefficient (Wildman–Crippen LogP) is 1.79. The van der Waals surface area contributed by atoms with E-state index in [0.717, 1.165) is 12.6 Å². The van der Waals surface area contributed by atoms with Crippen LogP contribution in [0.5, 0.6) is 0 Å². The van der Waals surface area contributed by atoms with Crippen molar-refractivity contribution in [2.45, 2.75) is 45.6 Å². The van der Waals surface area contributed by atoms with Gasteiger partial charge in [0.2, 0.25) is 0 Å². The van der Waals surface area contributed by atoms with E-state index in [9.17, 15) is 0 Å². The van der Waals surface area contributed by atoms with Crippen molar-refractivity contribution in [1.82, 2.24) is 15.1 Å². The number of nitrogens with one attached hydrogen (secondary N) is 1. The van der Waals surface area contributed by atoms with Gasteiger partial charge in [0, 0.05) is 38.8 Å². The van der Waals surface area contributed by atoms with E-state index in [4.69, 9.17) is 0 Å². The van der Waals surface area contributed by atoms with E-state index < -0.39 is 0 Å². The fourth-order valence-corrected chi connectivity index (χ4v) is 3.75. The zero-order valence-electron chi connectivity index (χ0n) is 12.5. The molecule has 2 rings (SSSR count). The molecule has 0 amide bonds. The molecule has 2 aliphatic rings. The van der Waals surface area contributed by atoms with E-state index in [1.807, 2.05) is 0 Å². The van der Waals surface area contributed by atoms with E-state index in [1.54, 1.807) is 0 Å². The first-order chi connectivity index (χ1) is 8.65. The molecule has 0 spiro atoms. The largest absolute Gasteiger partial charge is 0.316 e. The highest BCUT2D eigenvalue weighted by Crippen LogP contribution is 2.38. The topological polar surface area (TPSA) is 18.5 Å². The maximum atomic E-state index is 3.61. The average molecular weight is 253 g/mol. The number of likely N-dealkylation sites (N-methyl/N-ethyl adjacent to an activating group) is 1. The second-order valence-electron chi connectivity index (χ2n) is 6.57. The molecular weight excluding hydrogens is 222 g/mol. The van der Waals surface area contributed by atoms with E-state index >= 15 is 0 Å². The lowest BCUT2D eigenvalue weighted by Crippen LogP contribution is -2.54. The molecule has 1 atom stereocenters. The average Bonchev–Trinajstić information content (AvgIpc) is 2.80. The second-order valence-corrected chi connectivity index (χ2v) is 6.57. The summed E-state index contributed by atoms with van der Waals surface area (Å²) < 4.78 is 0. The highest BCUT2D eigenvalue weighted by Gasteiger charge is 2.37. The Morgan fingerprint density at radius 1 is 1.22 bits per heavy atom. The number of rotatable bonds is 5. The van der Waals surface area contributed by atoms with Gasteiger partial charge in [0.25, 0.3) is 0 Å². The summed E-state index contributed by atoms with van der Waals surface area (Å²) in [5.41, 5.74) is 0.570. The molecular formula is C15H31N3. The van der Waals surface area contributed by atoms with Crippen LogP contribution in [0.3, 0.4) is 0 Å². The standard InChI is InChI=1S/C15H31N3/c1-4-16-12-15(7-5-6-8-15)13-18-10-9-17(3)11-14(18)2/h14,16H,4-13H2,1-3H3. The van der Waals surface area contributed by atoms with Gasteiger partial charge in [-0.2, -0.15) is 0 Å². The van der Waals surface area contributed by atoms with Gasteiger partial charge in [-0.3, -0.25) is 4.90 Å². The van der Waals surface area contributed by atoms with Crippen LogP contribution in [0.1, 0.15) is 39.5 Å². The molecule has 3 heteroatoms. The summed E-state index contributed by atoms with van der Waals surface area (Å²) in [4.78, 5) is 5.20. The Bertz CT molecular complexity index is 248. The molecule has 1 saturated carbocycles. The lowest BCUT2D eigenvalue weighted by molar-refractivity contribution is 0.0554. The zero-order chi connectivity index (χ0) is 13.0. The van der Waals surface area contributed by atoms with E-state index in [0.29, 0.717) is 5.41 Å². The molecule has 3 nitrogen and oxygen atoms in total. The van der Waals surface area contributed by atoms with Gasteiger partial charge in [-0.1, -0.05) is 19.8 Å². The SMILES string of the molecule is CCNCC1(CN2CCN(C)CC2C)CCCC1. The third kappa shape index (κ3) is 3.46. The molecule has 1 aliphatic heterocycles. The number of hydrogen-bond acceptors (Lipinski definition) is 3. The van der Waals surface area contributed by atoms with Crippen LogP contribution in [-0.2, 0) is 0 Å². The lowest BCUT2D eigenvalue weighted by Gasteiger charge is -2.43. The Morgan fingerprint density at radius 2 is 1.94 bits per heavy atom. The lowest BCUT2D eigenvalue weighted by atomic mass is 9.84. The smallest absolute Gasteiger partial charge is 0.0195 e. The molecule has 0 aromatic rings. The minimum atomic E-state index is 0.570. The van der Waals surface area contributed by atoms with Gasteiger partial charge in [-0.05, 0) is 38.8 Å². The van der Waals surface area contributed by atoms with Crippen molar-refractivity contribution >= 4 is 0 Å². The third-order valence-corrected chi connectivity index (χ3v) is 4.92. The molecule has 1 heterocycles. The maximum absolute atomic E-state index is 3.61. The summed E-state index contributed by atoms with van der Waals surface area (Å²) in [7, 11) is 2.25. The molecule has 2 fully saturated rings. The van der Waals surface area contributed by atoms with Gasteiger partial charge in [0.15, 0.2) is 0 Å². The summed E-state index contributed by atoms with van der Waals surface area (Å²) in [6.07, 6.45) is 5.74. The van der Waals surface area contributed by atoms with Crippen LogP contribution in [0, 0.1) is 5.41 Å². The quantitative estimate of drug-likeness (QED) is 0.806. The highest BCUT2D eigenvalue weighted by atomic mass is 15.3. The van der Waals surface area contributed by atoms with Gasteiger partial charge >= 0.3 is 0 Å². The zero-order valence-corrected chi connectivity index (χ0v) is 12.5. The van der Waals surface area contributed by atoms with E-state index in [-0.39, 0.29) is 0 Å². The minimum Gasteiger partial charge on any atom is -0.316 e. The normalized spacial score (nSPS) is 29.8. The van der Waals surface area contributed by atoms with Crippen molar-refractivity contribution in [3.63, 3.8) is 0 Å². The highest BCUT2D eigenvalue weighted by molar-refractivity contribution is 4.91. The molecule has 0 aromatic heterocycles. The molecule has 0 radical (unpaired) electrons. The van der Waals surface area contributed by atoms with E-state index in [1.165, 1.54) is 58.4 Å². The Labute approximate surface area is 113 Å². The van der Waals surface area contributed by atoms with E-state index in [2.05, 4.69) is 36.0 Å². The fraction of sp³-hybridized carbons (Fsp3) is 1.00. The first-order valence-electron chi connectivity index (χ1n) is 7.78. The first kappa shape index (κ1) is 14.3. The van der Waals surface area contributed by atoms with Gasteiger partial charge in [-0.25, -0.2) is 0 Å². The van der Waals surface area contributed by atoms with Crippen molar-refractivity contribution < 1.29 is 0 Å². The Hall–Kier alpha value is -0.120. The van der Waals surface area contributed by atoms with Gasteiger partial charge < -0.3 is 10.2 Å². The molecule has 1 saturated heterocycles. The van der Waals surface area contributed by atoms with Gasteiger partial charge in [0.05, 0.1) is 0 Å². The maximum Gasteiger partial charge on any atom is 0.0195 e. The molecule has 106 valence electrons. The van der Waals surface area contributed by atoms with Crippen molar-refractivity contribution in [2.24, 2.45) is 5.41 Å². The van der Waals surface area contributed by atoms with Crippen LogP contribution in [0.15, 0.2) is 0 Å².